The molecule has 3 aliphatic heterocycles. The molecule has 3 aliphatic rings. The Morgan fingerprint density at radius 2 is 2.08 bits per heavy atom. The predicted molar refractivity (Wildman–Crippen MR) is 95.8 cm³/mol. The molecule has 1 N–H and O–H groups in total. The number of rotatable bonds is 4. The molecule has 0 aliphatic carbocycles. The van der Waals surface area contributed by atoms with E-state index in [2.05, 4.69) is 21.7 Å². The number of aliphatic carboxylic acids is 1. The van der Waals surface area contributed by atoms with Gasteiger partial charge in [0.05, 0.1) is 16.1 Å². The summed E-state index contributed by atoms with van der Waals surface area (Å²) in [5.74, 6) is -0.395. The van der Waals surface area contributed by atoms with Gasteiger partial charge in [0.15, 0.2) is 0 Å². The third-order valence-corrected chi connectivity index (χ3v) is 7.26. The van der Waals surface area contributed by atoms with E-state index < -0.39 is 11.4 Å². The van der Waals surface area contributed by atoms with Crippen LogP contribution < -0.4 is 0 Å². The quantitative estimate of drug-likeness (QED) is 0.877. The van der Waals surface area contributed by atoms with Gasteiger partial charge in [0.25, 0.3) is 0 Å². The fraction of sp³-hybridized carbons (Fsp3) is 0.778. The van der Waals surface area contributed by atoms with E-state index in [-0.39, 0.29) is 5.92 Å². The molecule has 3 fully saturated rings. The number of aromatic nitrogens is 1. The van der Waals surface area contributed by atoms with Gasteiger partial charge in [-0.3, -0.25) is 14.6 Å². The van der Waals surface area contributed by atoms with Crippen molar-refractivity contribution in [2.24, 2.45) is 11.3 Å². The molecule has 0 spiro atoms. The first-order valence-electron chi connectivity index (χ1n) is 9.18. The monoisotopic (exact) mass is 365 g/mol. The molecule has 0 amide bonds. The maximum absolute atomic E-state index is 12.2. The number of nitrogens with zero attached hydrogens (tertiary/aromatic N) is 3. The molecule has 0 radical (unpaired) electrons. The summed E-state index contributed by atoms with van der Waals surface area (Å²) in [6.07, 6.45) is 2.07. The van der Waals surface area contributed by atoms with Gasteiger partial charge in [-0.1, -0.05) is 0 Å². The maximum atomic E-state index is 12.2. The van der Waals surface area contributed by atoms with Gasteiger partial charge in [0, 0.05) is 62.8 Å². The number of aryl methyl sites for hydroxylation is 2. The van der Waals surface area contributed by atoms with Gasteiger partial charge < -0.3 is 9.84 Å². The Morgan fingerprint density at radius 1 is 1.32 bits per heavy atom. The lowest BCUT2D eigenvalue weighted by atomic mass is 9.81. The molecule has 0 saturated carbocycles. The minimum atomic E-state index is -0.619. The summed E-state index contributed by atoms with van der Waals surface area (Å²) < 4.78 is 5.47. The number of hydrogen-bond donors (Lipinski definition) is 1. The largest absolute Gasteiger partial charge is 0.481 e. The first kappa shape index (κ1) is 17.4. The van der Waals surface area contributed by atoms with E-state index in [0.717, 1.165) is 56.4 Å². The van der Waals surface area contributed by atoms with Crippen molar-refractivity contribution in [3.05, 3.63) is 15.6 Å². The van der Waals surface area contributed by atoms with E-state index >= 15 is 0 Å². The fourth-order valence-corrected chi connectivity index (χ4v) is 5.86. The van der Waals surface area contributed by atoms with Crippen molar-refractivity contribution in [3.63, 3.8) is 0 Å². The summed E-state index contributed by atoms with van der Waals surface area (Å²) in [6.45, 7) is 9.67. The number of carboxylic acids is 1. The highest BCUT2D eigenvalue weighted by Crippen LogP contribution is 2.45. The molecule has 7 heteroatoms. The number of fused-ring (bicyclic) bond motifs is 1. The van der Waals surface area contributed by atoms with Gasteiger partial charge in [-0.25, -0.2) is 4.98 Å². The average molecular weight is 365 g/mol. The molecule has 0 unspecified atom stereocenters. The van der Waals surface area contributed by atoms with Gasteiger partial charge in [-0.05, 0) is 26.7 Å². The Morgan fingerprint density at radius 3 is 2.68 bits per heavy atom. The molecule has 1 aromatic heterocycles. The summed E-state index contributed by atoms with van der Waals surface area (Å²) >= 11 is 1.74. The number of carbonyl (C=O) groups is 1. The molecule has 4 heterocycles. The highest BCUT2D eigenvalue weighted by Gasteiger charge is 2.58. The topological polar surface area (TPSA) is 65.9 Å². The van der Waals surface area contributed by atoms with Crippen LogP contribution in [0.1, 0.15) is 28.4 Å². The van der Waals surface area contributed by atoms with Crippen molar-refractivity contribution in [2.75, 3.05) is 39.4 Å². The average Bonchev–Trinajstić information content (AvgIpc) is 3.19. The van der Waals surface area contributed by atoms with Crippen LogP contribution in [-0.4, -0.2) is 71.3 Å². The molecular weight excluding hydrogens is 338 g/mol. The lowest BCUT2D eigenvalue weighted by molar-refractivity contribution is -0.149. The summed E-state index contributed by atoms with van der Waals surface area (Å²) in [5.41, 5.74) is 0.485. The van der Waals surface area contributed by atoms with E-state index in [1.807, 2.05) is 6.92 Å². The Balaban J connectivity index is 1.47. The minimum absolute atomic E-state index is 0.224. The molecule has 0 aromatic carbocycles. The van der Waals surface area contributed by atoms with Crippen LogP contribution >= 0.6 is 11.3 Å². The van der Waals surface area contributed by atoms with Crippen LogP contribution in [0.2, 0.25) is 0 Å². The Hall–Kier alpha value is -1.02. The first-order chi connectivity index (χ1) is 12.0. The second-order valence-corrected chi connectivity index (χ2v) is 9.13. The van der Waals surface area contributed by atoms with E-state index in [4.69, 9.17) is 4.74 Å². The zero-order valence-electron chi connectivity index (χ0n) is 15.0. The summed E-state index contributed by atoms with van der Waals surface area (Å²) in [7, 11) is 0. The van der Waals surface area contributed by atoms with Gasteiger partial charge in [-0.2, -0.15) is 0 Å². The second kappa shape index (κ2) is 6.61. The summed E-state index contributed by atoms with van der Waals surface area (Å²) in [6, 6.07) is 0.496. The van der Waals surface area contributed by atoms with Crippen molar-refractivity contribution < 1.29 is 14.6 Å². The van der Waals surface area contributed by atoms with Crippen molar-refractivity contribution in [3.8, 4) is 0 Å². The van der Waals surface area contributed by atoms with Crippen LogP contribution in [0.25, 0.3) is 0 Å². The standard InChI is InChI=1S/C18H27N3O3S/c1-12-16(25-13(2)19-12)9-20-7-14-8-21(15-3-5-24-6-4-15)11-18(14,10-20)17(22)23/h14-15H,3-11H2,1-2H3,(H,22,23)/t14-,18-/m0/s1. The van der Waals surface area contributed by atoms with Gasteiger partial charge >= 0.3 is 5.97 Å². The Kier molecular flexibility index (Phi) is 4.60. The zero-order chi connectivity index (χ0) is 17.6. The molecule has 3 saturated heterocycles. The van der Waals surface area contributed by atoms with E-state index in [1.54, 1.807) is 11.3 Å². The molecular formula is C18H27N3O3S. The van der Waals surface area contributed by atoms with Crippen molar-refractivity contribution in [1.82, 2.24) is 14.8 Å². The normalized spacial score (nSPS) is 31.5. The molecule has 138 valence electrons. The smallest absolute Gasteiger partial charge is 0.312 e. The third kappa shape index (κ3) is 3.12. The maximum Gasteiger partial charge on any atom is 0.312 e. The number of ether oxygens (including phenoxy) is 1. The molecule has 1 aromatic rings. The van der Waals surface area contributed by atoms with E-state index in [0.29, 0.717) is 19.1 Å². The van der Waals surface area contributed by atoms with Crippen LogP contribution in [0.3, 0.4) is 0 Å². The number of carboxylic acid groups (broad SMARTS) is 1. The summed E-state index contributed by atoms with van der Waals surface area (Å²) in [5, 5.41) is 11.1. The second-order valence-electron chi connectivity index (χ2n) is 7.84. The third-order valence-electron chi connectivity index (χ3n) is 6.21. The number of hydrogen-bond acceptors (Lipinski definition) is 6. The number of likely N-dealkylation sites (tertiary alicyclic amines) is 2. The minimum Gasteiger partial charge on any atom is -0.481 e. The van der Waals surface area contributed by atoms with Crippen molar-refractivity contribution in [2.45, 2.75) is 39.3 Å². The van der Waals surface area contributed by atoms with Crippen LogP contribution in [0.4, 0.5) is 0 Å². The van der Waals surface area contributed by atoms with Crippen LogP contribution in [-0.2, 0) is 16.1 Å². The highest BCUT2D eigenvalue weighted by atomic mass is 32.1. The van der Waals surface area contributed by atoms with Gasteiger partial charge in [-0.15, -0.1) is 11.3 Å². The van der Waals surface area contributed by atoms with Crippen LogP contribution in [0, 0.1) is 25.2 Å². The van der Waals surface area contributed by atoms with E-state index in [9.17, 15) is 9.90 Å². The van der Waals surface area contributed by atoms with Gasteiger partial charge in [0.1, 0.15) is 0 Å². The first-order valence-corrected chi connectivity index (χ1v) is 10.00. The zero-order valence-corrected chi connectivity index (χ0v) is 15.8. The van der Waals surface area contributed by atoms with Crippen molar-refractivity contribution in [1.29, 1.82) is 0 Å². The molecule has 25 heavy (non-hydrogen) atoms. The Labute approximate surface area is 152 Å². The fourth-order valence-electron chi connectivity index (χ4n) is 4.88. The molecule has 0 bridgehead atoms. The molecule has 2 atom stereocenters. The number of thiazole rings is 1. The van der Waals surface area contributed by atoms with Gasteiger partial charge in [0.2, 0.25) is 0 Å². The molecule has 4 rings (SSSR count). The van der Waals surface area contributed by atoms with Crippen molar-refractivity contribution >= 4 is 17.3 Å². The lowest BCUT2D eigenvalue weighted by Gasteiger charge is -2.33. The Bertz CT molecular complexity index is 658. The van der Waals surface area contributed by atoms with Crippen LogP contribution in [0.5, 0.6) is 0 Å². The predicted octanol–water partition coefficient (Wildman–Crippen LogP) is 1.76. The highest BCUT2D eigenvalue weighted by molar-refractivity contribution is 7.11. The molecule has 6 nitrogen and oxygen atoms in total. The SMILES string of the molecule is Cc1nc(C)c(CN2C[C@H]3CN(C4CCOCC4)C[C@@]3(C(=O)O)C2)s1. The van der Waals surface area contributed by atoms with E-state index in [1.165, 1.54) is 4.88 Å². The van der Waals surface area contributed by atoms with Crippen LogP contribution in [0.15, 0.2) is 0 Å². The lowest BCUT2D eigenvalue weighted by Crippen LogP contribution is -2.44. The summed E-state index contributed by atoms with van der Waals surface area (Å²) in [4.78, 5) is 22.8.